The Hall–Kier alpha value is -3.50. The predicted molar refractivity (Wildman–Crippen MR) is 161 cm³/mol. The van der Waals surface area contributed by atoms with E-state index in [0.717, 1.165) is 0 Å². The summed E-state index contributed by atoms with van der Waals surface area (Å²) in [4.78, 5) is 0. The Balaban J connectivity index is 1.35. The predicted octanol–water partition coefficient (Wildman–Crippen LogP) is 10.2. The molecule has 6 aromatic rings. The lowest BCUT2D eigenvalue weighted by molar-refractivity contribution is 0.740. The van der Waals surface area contributed by atoms with Gasteiger partial charge in [-0.3, -0.25) is 0 Å². The Morgan fingerprint density at radius 2 is 0.757 bits per heavy atom. The zero-order chi connectivity index (χ0) is 24.9. The summed E-state index contributed by atoms with van der Waals surface area (Å²) in [7, 11) is 0. The average Bonchev–Trinajstić information content (AvgIpc) is 2.98. The third-order valence-electron chi connectivity index (χ3n) is 6.69. The minimum Gasteiger partial charge on any atom is -0.245 e. The van der Waals surface area contributed by atoms with Crippen LogP contribution in [-0.4, -0.2) is 0 Å². The van der Waals surface area contributed by atoms with Gasteiger partial charge in [0.25, 0.3) is 0 Å². The van der Waals surface area contributed by atoms with E-state index in [1.165, 1.54) is 67.9 Å². The molecule has 3 heteroatoms. The van der Waals surface area contributed by atoms with Crippen molar-refractivity contribution in [1.29, 1.82) is 0 Å². The fourth-order valence-corrected chi connectivity index (χ4v) is 6.85. The first kappa shape index (κ1) is 23.9. The lowest BCUT2D eigenvalue weighted by Crippen LogP contribution is -2.00. The Kier molecular flexibility index (Phi) is 7.27. The monoisotopic (exact) mass is 514 g/mol. The van der Waals surface area contributed by atoms with Crippen LogP contribution in [0, 0.1) is 0 Å². The molecule has 0 spiro atoms. The van der Waals surface area contributed by atoms with Crippen molar-refractivity contribution >= 4 is 45.6 Å². The number of rotatable bonds is 8. The molecule has 2 unspecified atom stereocenters. The Morgan fingerprint density at radius 1 is 0.378 bits per heavy atom. The van der Waals surface area contributed by atoms with E-state index in [1.807, 2.05) is 0 Å². The van der Waals surface area contributed by atoms with E-state index in [-0.39, 0.29) is 10.5 Å². The first-order valence-corrected chi connectivity index (χ1v) is 14.0. The third kappa shape index (κ3) is 5.17. The van der Waals surface area contributed by atoms with E-state index in [4.69, 9.17) is 3.63 Å². The summed E-state index contributed by atoms with van der Waals surface area (Å²) in [6.45, 7) is 0. The number of benzene rings is 6. The SMILES string of the molecule is c1ccc(C(SOSC(c2ccccc2)c2cccc3ccccc23)c2cccc3ccccc23)cc1. The summed E-state index contributed by atoms with van der Waals surface area (Å²) in [5.74, 6) is 0. The van der Waals surface area contributed by atoms with Gasteiger partial charge in [0.05, 0.1) is 10.5 Å². The molecule has 6 aromatic carbocycles. The zero-order valence-electron chi connectivity index (χ0n) is 20.2. The summed E-state index contributed by atoms with van der Waals surface area (Å²) >= 11 is 3.06. The summed E-state index contributed by atoms with van der Waals surface area (Å²) in [5.41, 5.74) is 4.98. The van der Waals surface area contributed by atoms with Crippen LogP contribution in [0.3, 0.4) is 0 Å². The van der Waals surface area contributed by atoms with Gasteiger partial charge < -0.3 is 0 Å². The highest BCUT2D eigenvalue weighted by Gasteiger charge is 2.22. The molecule has 0 amide bonds. The van der Waals surface area contributed by atoms with Gasteiger partial charge in [-0.2, -0.15) is 0 Å². The van der Waals surface area contributed by atoms with E-state index >= 15 is 0 Å². The molecule has 0 saturated carbocycles. The lowest BCUT2D eigenvalue weighted by Gasteiger charge is -2.22. The summed E-state index contributed by atoms with van der Waals surface area (Å²) in [6.07, 6.45) is 0. The molecule has 6 rings (SSSR count). The molecule has 0 aliphatic rings. The van der Waals surface area contributed by atoms with Crippen LogP contribution in [0.25, 0.3) is 21.5 Å². The molecule has 0 aromatic heterocycles. The summed E-state index contributed by atoms with van der Waals surface area (Å²) in [5, 5.41) is 5.09. The molecule has 0 bridgehead atoms. The quantitative estimate of drug-likeness (QED) is 0.187. The van der Waals surface area contributed by atoms with E-state index in [1.54, 1.807) is 0 Å². The van der Waals surface area contributed by atoms with Gasteiger partial charge in [-0.1, -0.05) is 146 Å². The van der Waals surface area contributed by atoms with Crippen molar-refractivity contribution in [1.82, 2.24) is 0 Å². The first-order valence-electron chi connectivity index (χ1n) is 12.4. The smallest absolute Gasteiger partial charge is 0.0828 e. The van der Waals surface area contributed by atoms with Crippen molar-refractivity contribution in [2.75, 3.05) is 0 Å². The lowest BCUT2D eigenvalue weighted by atomic mass is 9.98. The van der Waals surface area contributed by atoms with E-state index in [0.29, 0.717) is 0 Å². The van der Waals surface area contributed by atoms with E-state index in [9.17, 15) is 0 Å². The van der Waals surface area contributed by atoms with Crippen molar-refractivity contribution in [3.05, 3.63) is 168 Å². The van der Waals surface area contributed by atoms with Crippen LogP contribution < -0.4 is 0 Å². The van der Waals surface area contributed by atoms with Crippen LogP contribution >= 0.6 is 24.1 Å². The summed E-state index contributed by atoms with van der Waals surface area (Å²) < 4.78 is 6.51. The maximum Gasteiger partial charge on any atom is 0.0828 e. The highest BCUT2D eigenvalue weighted by Crippen LogP contribution is 2.46. The summed E-state index contributed by atoms with van der Waals surface area (Å²) in [6, 6.07) is 51.5. The van der Waals surface area contributed by atoms with Gasteiger partial charge in [-0.25, -0.2) is 3.63 Å². The average molecular weight is 515 g/mol. The van der Waals surface area contributed by atoms with Crippen molar-refractivity contribution < 1.29 is 3.63 Å². The topological polar surface area (TPSA) is 9.23 Å². The molecule has 0 radical (unpaired) electrons. The molecule has 37 heavy (non-hydrogen) atoms. The van der Waals surface area contributed by atoms with Crippen molar-refractivity contribution in [2.45, 2.75) is 10.5 Å². The van der Waals surface area contributed by atoms with Crippen molar-refractivity contribution in [2.24, 2.45) is 0 Å². The second kappa shape index (κ2) is 11.3. The molecule has 2 atom stereocenters. The fourth-order valence-electron chi connectivity index (χ4n) is 4.89. The Labute approximate surface area is 226 Å². The highest BCUT2D eigenvalue weighted by atomic mass is 32.2. The Bertz CT molecular complexity index is 1480. The van der Waals surface area contributed by atoms with Crippen LogP contribution in [-0.2, 0) is 3.63 Å². The number of hydrogen-bond donors (Lipinski definition) is 0. The highest BCUT2D eigenvalue weighted by molar-refractivity contribution is 8.08. The van der Waals surface area contributed by atoms with Gasteiger partial charge in [-0.15, -0.1) is 0 Å². The van der Waals surface area contributed by atoms with Crippen LogP contribution in [0.1, 0.15) is 32.8 Å². The molecule has 0 aliphatic carbocycles. The molecule has 0 aliphatic heterocycles. The molecule has 0 heterocycles. The largest absolute Gasteiger partial charge is 0.245 e. The van der Waals surface area contributed by atoms with E-state index < -0.39 is 0 Å². The second-order valence-corrected chi connectivity index (χ2v) is 10.9. The molecule has 0 fully saturated rings. The molecule has 1 nitrogen and oxygen atoms in total. The first-order chi connectivity index (χ1) is 18.4. The van der Waals surface area contributed by atoms with Gasteiger partial charge in [0.15, 0.2) is 0 Å². The van der Waals surface area contributed by atoms with E-state index in [2.05, 4.69) is 146 Å². The van der Waals surface area contributed by atoms with Crippen LogP contribution in [0.5, 0.6) is 0 Å². The van der Waals surface area contributed by atoms with Crippen LogP contribution in [0.15, 0.2) is 146 Å². The van der Waals surface area contributed by atoms with Gasteiger partial charge in [0.1, 0.15) is 0 Å². The van der Waals surface area contributed by atoms with Gasteiger partial charge in [0.2, 0.25) is 0 Å². The van der Waals surface area contributed by atoms with Crippen LogP contribution in [0.2, 0.25) is 0 Å². The standard InChI is InChI=1S/C34H26OS2/c1-3-15-27(16-4-1)33(31-23-11-19-25-13-7-9-21-29(25)31)36-35-37-34(28-17-5-2-6-18-28)32-24-12-20-26-14-8-10-22-30(26)32/h1-24,33-34H. The molecular formula is C34H26OS2. The number of fused-ring (bicyclic) bond motifs is 2. The van der Waals surface area contributed by atoms with Crippen molar-refractivity contribution in [3.8, 4) is 0 Å². The van der Waals surface area contributed by atoms with Crippen molar-refractivity contribution in [3.63, 3.8) is 0 Å². The maximum atomic E-state index is 6.51. The molecule has 0 saturated heterocycles. The third-order valence-corrected chi connectivity index (χ3v) is 8.75. The fraction of sp³-hybridized carbons (Fsp3) is 0.0588. The maximum absolute atomic E-state index is 6.51. The van der Waals surface area contributed by atoms with Crippen LogP contribution in [0.4, 0.5) is 0 Å². The van der Waals surface area contributed by atoms with Gasteiger partial charge >= 0.3 is 0 Å². The second-order valence-electron chi connectivity index (χ2n) is 8.98. The Morgan fingerprint density at radius 3 is 1.22 bits per heavy atom. The van der Waals surface area contributed by atoms with Gasteiger partial charge in [-0.05, 0) is 43.8 Å². The molecular weight excluding hydrogens is 489 g/mol. The minimum absolute atomic E-state index is 0.0451. The molecule has 180 valence electrons. The number of hydrogen-bond acceptors (Lipinski definition) is 3. The minimum atomic E-state index is 0.0451. The van der Waals surface area contributed by atoms with Gasteiger partial charge in [0, 0.05) is 24.1 Å². The normalized spacial score (nSPS) is 13.0. The zero-order valence-corrected chi connectivity index (χ0v) is 21.9. The molecule has 0 N–H and O–H groups in total.